The van der Waals surface area contributed by atoms with Crippen LogP contribution in [0.2, 0.25) is 0 Å². The standard InChI is InChI=1S/C16H17BrN2OS2/c17-13-6-4-12(5-7-13)14-10-21-16(18-14)22-11-15(20)19-8-2-1-3-9-19/h4-7,10H,1-3,8-9,11H2. The van der Waals surface area contributed by atoms with Gasteiger partial charge in [-0.1, -0.05) is 39.8 Å². The quantitative estimate of drug-likeness (QED) is 0.703. The number of rotatable bonds is 4. The summed E-state index contributed by atoms with van der Waals surface area (Å²) in [5.74, 6) is 0.734. The fourth-order valence-electron chi connectivity index (χ4n) is 2.43. The predicted molar refractivity (Wildman–Crippen MR) is 96.4 cm³/mol. The van der Waals surface area contributed by atoms with Crippen molar-refractivity contribution >= 4 is 44.9 Å². The lowest BCUT2D eigenvalue weighted by atomic mass is 10.1. The van der Waals surface area contributed by atoms with Crippen LogP contribution in [0.25, 0.3) is 11.3 Å². The second-order valence-electron chi connectivity index (χ2n) is 5.24. The first-order valence-electron chi connectivity index (χ1n) is 7.34. The second-order valence-corrected chi connectivity index (χ2v) is 8.23. The summed E-state index contributed by atoms with van der Waals surface area (Å²) in [5.41, 5.74) is 2.08. The minimum absolute atomic E-state index is 0.241. The van der Waals surface area contributed by atoms with Crippen LogP contribution in [-0.4, -0.2) is 34.6 Å². The van der Waals surface area contributed by atoms with Crippen LogP contribution in [0, 0.1) is 0 Å². The number of likely N-dealkylation sites (tertiary alicyclic amines) is 1. The molecule has 0 spiro atoms. The van der Waals surface area contributed by atoms with E-state index in [0.29, 0.717) is 5.75 Å². The van der Waals surface area contributed by atoms with Crippen molar-refractivity contribution < 1.29 is 4.79 Å². The maximum atomic E-state index is 12.2. The molecule has 0 saturated carbocycles. The molecule has 0 aliphatic carbocycles. The number of aromatic nitrogens is 1. The predicted octanol–water partition coefficient (Wildman–Crippen LogP) is 4.68. The fraction of sp³-hybridized carbons (Fsp3) is 0.375. The topological polar surface area (TPSA) is 33.2 Å². The summed E-state index contributed by atoms with van der Waals surface area (Å²) < 4.78 is 2.02. The normalized spacial score (nSPS) is 15.0. The van der Waals surface area contributed by atoms with E-state index in [2.05, 4.69) is 26.3 Å². The number of nitrogens with zero attached hydrogens (tertiary/aromatic N) is 2. The zero-order valence-electron chi connectivity index (χ0n) is 12.1. The summed E-state index contributed by atoms with van der Waals surface area (Å²) in [6.07, 6.45) is 3.53. The number of benzene rings is 1. The zero-order chi connectivity index (χ0) is 15.4. The lowest BCUT2D eigenvalue weighted by molar-refractivity contribution is -0.129. The van der Waals surface area contributed by atoms with Gasteiger partial charge in [0.1, 0.15) is 0 Å². The number of halogens is 1. The molecule has 1 aliphatic heterocycles. The third-order valence-corrected chi connectivity index (χ3v) is 6.19. The maximum absolute atomic E-state index is 12.2. The minimum atomic E-state index is 0.241. The van der Waals surface area contributed by atoms with Crippen molar-refractivity contribution in [3.63, 3.8) is 0 Å². The lowest BCUT2D eigenvalue weighted by Gasteiger charge is -2.26. The molecule has 1 aliphatic rings. The zero-order valence-corrected chi connectivity index (χ0v) is 15.3. The molecule has 6 heteroatoms. The summed E-state index contributed by atoms with van der Waals surface area (Å²) >= 11 is 6.59. The third-order valence-electron chi connectivity index (χ3n) is 3.65. The molecule has 0 N–H and O–H groups in total. The Kier molecular flexibility index (Phi) is 5.55. The van der Waals surface area contributed by atoms with Crippen molar-refractivity contribution in [2.24, 2.45) is 0 Å². The summed E-state index contributed by atoms with van der Waals surface area (Å²) in [6, 6.07) is 8.13. The number of carbonyl (C=O) groups is 1. The molecule has 3 nitrogen and oxygen atoms in total. The van der Waals surface area contributed by atoms with E-state index < -0.39 is 0 Å². The second kappa shape index (κ2) is 7.62. The largest absolute Gasteiger partial charge is 0.342 e. The molecule has 0 atom stereocenters. The molecular formula is C16H17BrN2OS2. The van der Waals surface area contributed by atoms with Crippen molar-refractivity contribution in [2.75, 3.05) is 18.8 Å². The highest BCUT2D eigenvalue weighted by atomic mass is 79.9. The highest BCUT2D eigenvalue weighted by Gasteiger charge is 2.17. The van der Waals surface area contributed by atoms with Crippen LogP contribution in [-0.2, 0) is 4.79 Å². The molecule has 1 aromatic carbocycles. The van der Waals surface area contributed by atoms with Gasteiger partial charge in [0.05, 0.1) is 11.4 Å². The summed E-state index contributed by atoms with van der Waals surface area (Å²) in [5, 5.41) is 2.05. The molecule has 22 heavy (non-hydrogen) atoms. The van der Waals surface area contributed by atoms with Crippen LogP contribution >= 0.6 is 39.0 Å². The van der Waals surface area contributed by atoms with Gasteiger partial charge in [-0.05, 0) is 31.4 Å². The molecular weight excluding hydrogens is 380 g/mol. The Morgan fingerprint density at radius 1 is 1.23 bits per heavy atom. The Morgan fingerprint density at radius 3 is 2.68 bits per heavy atom. The molecule has 3 rings (SSSR count). The van der Waals surface area contributed by atoms with E-state index >= 15 is 0 Å². The van der Waals surface area contributed by atoms with Crippen molar-refractivity contribution in [1.82, 2.24) is 9.88 Å². The van der Waals surface area contributed by atoms with Gasteiger partial charge in [0.2, 0.25) is 5.91 Å². The summed E-state index contributed by atoms with van der Waals surface area (Å²) in [7, 11) is 0. The lowest BCUT2D eigenvalue weighted by Crippen LogP contribution is -2.36. The fourth-order valence-corrected chi connectivity index (χ4v) is 4.44. The Morgan fingerprint density at radius 2 is 1.95 bits per heavy atom. The van der Waals surface area contributed by atoms with E-state index in [1.807, 2.05) is 29.2 Å². The first kappa shape index (κ1) is 16.0. The Bertz CT molecular complexity index is 636. The van der Waals surface area contributed by atoms with Gasteiger partial charge in [-0.2, -0.15) is 0 Å². The smallest absolute Gasteiger partial charge is 0.233 e. The first-order chi connectivity index (χ1) is 10.7. The number of carbonyl (C=O) groups excluding carboxylic acids is 1. The van der Waals surface area contributed by atoms with Crippen molar-refractivity contribution in [2.45, 2.75) is 23.6 Å². The van der Waals surface area contributed by atoms with Gasteiger partial charge in [-0.25, -0.2) is 4.98 Å². The van der Waals surface area contributed by atoms with Gasteiger partial charge in [-0.15, -0.1) is 11.3 Å². The number of piperidine rings is 1. The van der Waals surface area contributed by atoms with Crippen molar-refractivity contribution in [3.8, 4) is 11.3 Å². The molecule has 0 radical (unpaired) electrons. The molecule has 2 aromatic rings. The monoisotopic (exact) mass is 396 g/mol. The van der Waals surface area contributed by atoms with Crippen LogP contribution in [0.1, 0.15) is 19.3 Å². The molecule has 1 aromatic heterocycles. The van der Waals surface area contributed by atoms with Crippen LogP contribution in [0.4, 0.5) is 0 Å². The summed E-state index contributed by atoms with van der Waals surface area (Å²) in [6.45, 7) is 1.84. The third kappa shape index (κ3) is 4.12. The number of thiazole rings is 1. The van der Waals surface area contributed by atoms with Gasteiger partial charge in [0, 0.05) is 28.5 Å². The van der Waals surface area contributed by atoms with Gasteiger partial charge < -0.3 is 4.90 Å². The molecule has 0 unspecified atom stereocenters. The average molecular weight is 397 g/mol. The van der Waals surface area contributed by atoms with Crippen LogP contribution in [0.5, 0.6) is 0 Å². The molecule has 1 amide bonds. The minimum Gasteiger partial charge on any atom is -0.342 e. The average Bonchev–Trinajstić information content (AvgIpc) is 3.03. The summed E-state index contributed by atoms with van der Waals surface area (Å²) in [4.78, 5) is 18.8. The number of hydrogen-bond acceptors (Lipinski definition) is 4. The molecule has 1 fully saturated rings. The Labute approximate surface area is 147 Å². The van der Waals surface area contributed by atoms with Crippen LogP contribution in [0.15, 0.2) is 38.5 Å². The van der Waals surface area contributed by atoms with Crippen molar-refractivity contribution in [1.29, 1.82) is 0 Å². The van der Waals surface area contributed by atoms with E-state index in [1.165, 1.54) is 6.42 Å². The van der Waals surface area contributed by atoms with Gasteiger partial charge in [-0.3, -0.25) is 4.79 Å². The van der Waals surface area contributed by atoms with Crippen LogP contribution in [0.3, 0.4) is 0 Å². The van der Waals surface area contributed by atoms with Gasteiger partial charge in [0.25, 0.3) is 0 Å². The van der Waals surface area contributed by atoms with E-state index in [9.17, 15) is 4.79 Å². The highest BCUT2D eigenvalue weighted by Crippen LogP contribution is 2.29. The Balaban J connectivity index is 1.57. The number of amides is 1. The van der Waals surface area contributed by atoms with E-state index in [0.717, 1.165) is 46.0 Å². The van der Waals surface area contributed by atoms with E-state index in [1.54, 1.807) is 23.1 Å². The number of thioether (sulfide) groups is 1. The van der Waals surface area contributed by atoms with E-state index in [4.69, 9.17) is 0 Å². The van der Waals surface area contributed by atoms with Crippen molar-refractivity contribution in [3.05, 3.63) is 34.1 Å². The molecule has 0 bridgehead atoms. The highest BCUT2D eigenvalue weighted by molar-refractivity contribution is 9.10. The molecule has 1 saturated heterocycles. The van der Waals surface area contributed by atoms with Gasteiger partial charge >= 0.3 is 0 Å². The SMILES string of the molecule is O=C(CSc1nc(-c2ccc(Br)cc2)cs1)N1CCCCC1. The van der Waals surface area contributed by atoms with Crippen LogP contribution < -0.4 is 0 Å². The first-order valence-corrected chi connectivity index (χ1v) is 10.0. The van der Waals surface area contributed by atoms with Gasteiger partial charge in [0.15, 0.2) is 4.34 Å². The number of hydrogen-bond donors (Lipinski definition) is 0. The Hall–Kier alpha value is -0.850. The molecule has 116 valence electrons. The van der Waals surface area contributed by atoms with E-state index in [-0.39, 0.29) is 5.91 Å². The molecule has 2 heterocycles. The maximum Gasteiger partial charge on any atom is 0.233 e.